The number of nitrogens with one attached hydrogen (secondary N) is 1. The Kier molecular flexibility index (Phi) is 8.09. The van der Waals surface area contributed by atoms with Gasteiger partial charge in [0.15, 0.2) is 0 Å². The number of anilines is 2. The Morgan fingerprint density at radius 2 is 1.70 bits per heavy atom. The minimum absolute atomic E-state index is 0.0463. The maximum absolute atomic E-state index is 14.4. The van der Waals surface area contributed by atoms with Gasteiger partial charge in [-0.3, -0.25) is 4.99 Å². The average molecular weight is 608 g/mol. The molecule has 0 atom stereocenters. The maximum Gasteiger partial charge on any atom is 0.573 e. The first-order chi connectivity index (χ1) is 21.2. The average Bonchev–Trinajstić information content (AvgIpc) is 3.00. The maximum atomic E-state index is 14.4. The van der Waals surface area contributed by atoms with Crippen LogP contribution in [0.3, 0.4) is 0 Å². The molecule has 0 radical (unpaired) electrons. The van der Waals surface area contributed by atoms with E-state index in [1.165, 1.54) is 43.5 Å². The number of aromatic nitrogens is 3. The fraction of sp³-hybridized carbons (Fsp3) is 0.281. The zero-order chi connectivity index (χ0) is 30.8. The highest BCUT2D eigenvalue weighted by Crippen LogP contribution is 2.33. The largest absolute Gasteiger partial charge is 0.573 e. The van der Waals surface area contributed by atoms with Gasteiger partial charge in [0.25, 0.3) is 0 Å². The second-order valence-corrected chi connectivity index (χ2v) is 10.5. The van der Waals surface area contributed by atoms with Crippen LogP contribution in [0.25, 0.3) is 28.1 Å². The Morgan fingerprint density at radius 1 is 0.932 bits per heavy atom. The van der Waals surface area contributed by atoms with Gasteiger partial charge >= 0.3 is 6.36 Å². The van der Waals surface area contributed by atoms with Crippen molar-refractivity contribution in [3.63, 3.8) is 0 Å². The number of nitrogens with zero attached hydrogens (tertiary/aromatic N) is 4. The minimum atomic E-state index is -4.82. The molecule has 12 heteroatoms. The van der Waals surface area contributed by atoms with E-state index in [2.05, 4.69) is 15.0 Å². The van der Waals surface area contributed by atoms with E-state index in [0.717, 1.165) is 25.7 Å². The summed E-state index contributed by atoms with van der Waals surface area (Å²) in [6, 6.07) is 17.1. The van der Waals surface area contributed by atoms with E-state index >= 15 is 0 Å². The lowest BCUT2D eigenvalue weighted by Crippen LogP contribution is -2.25. The lowest BCUT2D eigenvalue weighted by molar-refractivity contribution is -0.274. The first kappa shape index (κ1) is 29.4. The molecule has 8 nitrogen and oxygen atoms in total. The van der Waals surface area contributed by atoms with E-state index in [-0.39, 0.29) is 17.9 Å². The Hall–Kier alpha value is -4.71. The Balaban J connectivity index is 1.56. The Morgan fingerprint density at radius 3 is 2.41 bits per heavy atom. The molecular weight excluding hydrogens is 578 g/mol. The predicted molar refractivity (Wildman–Crippen MR) is 157 cm³/mol. The van der Waals surface area contributed by atoms with Crippen LogP contribution >= 0.6 is 0 Å². The van der Waals surface area contributed by atoms with Gasteiger partial charge in [-0.2, -0.15) is 0 Å². The number of benzene rings is 3. The molecule has 0 saturated heterocycles. The molecule has 1 N–H and O–H groups in total. The van der Waals surface area contributed by atoms with Crippen molar-refractivity contribution in [1.29, 1.82) is 0 Å². The van der Waals surface area contributed by atoms with Gasteiger partial charge in [0, 0.05) is 25.1 Å². The van der Waals surface area contributed by atoms with Crippen molar-refractivity contribution in [2.75, 3.05) is 19.5 Å². The molecule has 1 aliphatic heterocycles. The van der Waals surface area contributed by atoms with Crippen LogP contribution in [0.2, 0.25) is 0 Å². The zero-order valence-electron chi connectivity index (χ0n) is 23.9. The van der Waals surface area contributed by atoms with Gasteiger partial charge in [-0.05, 0) is 86.3 Å². The predicted octanol–water partition coefficient (Wildman–Crippen LogP) is 7.17. The van der Waals surface area contributed by atoms with Crippen molar-refractivity contribution in [2.45, 2.75) is 44.2 Å². The molecule has 0 bridgehead atoms. The molecule has 2 aliphatic carbocycles. The molecule has 0 unspecified atom stereocenters. The third-order valence-electron chi connectivity index (χ3n) is 7.61. The van der Waals surface area contributed by atoms with Crippen LogP contribution in [0, 0.1) is 5.82 Å². The van der Waals surface area contributed by atoms with E-state index in [0.29, 0.717) is 50.7 Å². The highest BCUT2D eigenvalue weighted by molar-refractivity contribution is 5.84. The highest BCUT2D eigenvalue weighted by atomic mass is 19.4. The Labute approximate surface area is 250 Å². The second-order valence-electron chi connectivity index (χ2n) is 10.5. The van der Waals surface area contributed by atoms with Gasteiger partial charge in [0.1, 0.15) is 17.3 Å². The van der Waals surface area contributed by atoms with Gasteiger partial charge in [-0.25, -0.2) is 14.4 Å². The number of hydrogen-bond donors (Lipinski definition) is 1. The number of rotatable bonds is 7. The number of alkyl halides is 3. The minimum Gasteiger partial charge on any atom is -0.480 e. The van der Waals surface area contributed by atoms with Crippen LogP contribution in [-0.4, -0.2) is 47.3 Å². The van der Waals surface area contributed by atoms with Gasteiger partial charge in [-0.1, -0.05) is 0 Å². The molecular formula is C32H29F4N5O3. The number of methoxy groups -OCH3 is 2. The summed E-state index contributed by atoms with van der Waals surface area (Å²) in [5.41, 5.74) is 3.85. The number of fused-ring (bicyclic) bond motifs is 2. The van der Waals surface area contributed by atoms with E-state index in [4.69, 9.17) is 19.5 Å². The number of pyridine rings is 1. The summed E-state index contributed by atoms with van der Waals surface area (Å²) in [6.45, 7) is 0. The first-order valence-corrected chi connectivity index (χ1v) is 14.1. The van der Waals surface area contributed by atoms with Gasteiger partial charge in [0.05, 0.1) is 52.7 Å². The van der Waals surface area contributed by atoms with Gasteiger partial charge in [-0.15, -0.1) is 13.2 Å². The van der Waals surface area contributed by atoms with Gasteiger partial charge in [0.2, 0.25) is 5.88 Å². The molecule has 3 aromatic rings. The molecule has 1 saturated carbocycles. The van der Waals surface area contributed by atoms with Crippen molar-refractivity contribution in [3.05, 3.63) is 84.1 Å². The normalized spacial score (nSPS) is 17.6. The smallest absolute Gasteiger partial charge is 0.480 e. The molecule has 228 valence electrons. The lowest BCUT2D eigenvalue weighted by Gasteiger charge is -2.25. The standard InChI is InChI=1S/C32H29F4N5O3/c1-42-22-10-6-20(7-11-22)38-26-18-30-28(17-25(26)39-24-4-3-15-37-31(24)43-2)40-27-16-19(33)5-14-29(27)41(30)21-8-12-23(13-9-21)44-32(34,35)36/h3-5,8-9,12-18,20,22,39H,6-7,10-11H2,1-2H3/b38-26+. The lowest BCUT2D eigenvalue weighted by atomic mass is 9.93. The number of hydrogen-bond acceptors (Lipinski definition) is 7. The summed E-state index contributed by atoms with van der Waals surface area (Å²) in [4.78, 5) is 14.2. The van der Waals surface area contributed by atoms with Crippen molar-refractivity contribution < 1.29 is 31.8 Å². The van der Waals surface area contributed by atoms with E-state index in [9.17, 15) is 17.6 Å². The topological polar surface area (TPSA) is 82.8 Å². The fourth-order valence-corrected chi connectivity index (χ4v) is 5.55. The summed E-state index contributed by atoms with van der Waals surface area (Å²) in [5.74, 6) is -0.430. The van der Waals surface area contributed by atoms with Crippen molar-refractivity contribution in [2.24, 2.45) is 4.99 Å². The first-order valence-electron chi connectivity index (χ1n) is 14.1. The Bertz CT molecular complexity index is 1820. The monoisotopic (exact) mass is 607 g/mol. The summed E-state index contributed by atoms with van der Waals surface area (Å²) in [7, 11) is 3.25. The quantitative estimate of drug-likeness (QED) is 0.156. The van der Waals surface area contributed by atoms with Crippen LogP contribution in [0.4, 0.5) is 28.9 Å². The summed E-state index contributed by atoms with van der Waals surface area (Å²) in [5, 5.41) is 4.04. The van der Waals surface area contributed by atoms with E-state index in [1.54, 1.807) is 25.4 Å². The highest BCUT2D eigenvalue weighted by Gasteiger charge is 2.31. The summed E-state index contributed by atoms with van der Waals surface area (Å²) >= 11 is 0. The molecule has 2 aromatic carbocycles. The van der Waals surface area contributed by atoms with Crippen molar-refractivity contribution in [1.82, 2.24) is 14.5 Å². The molecule has 1 fully saturated rings. The molecule has 1 aromatic heterocycles. The molecule has 0 spiro atoms. The third kappa shape index (κ3) is 6.30. The number of ether oxygens (including phenoxy) is 3. The zero-order valence-corrected chi connectivity index (χ0v) is 23.9. The van der Waals surface area contributed by atoms with E-state index < -0.39 is 12.2 Å². The molecule has 44 heavy (non-hydrogen) atoms. The third-order valence-corrected chi connectivity index (χ3v) is 7.61. The molecule has 0 amide bonds. The summed E-state index contributed by atoms with van der Waals surface area (Å²) < 4.78 is 69.8. The summed E-state index contributed by atoms with van der Waals surface area (Å²) in [6.07, 6.45) is 0.493. The van der Waals surface area contributed by atoms with Crippen molar-refractivity contribution >= 4 is 22.4 Å². The molecule has 6 rings (SSSR count). The van der Waals surface area contributed by atoms with E-state index in [1.807, 2.05) is 22.8 Å². The SMILES string of the molecule is COc1ncccc1Nc1cc2nc3cc(F)ccc3n(-c3ccc(OC(F)(F)F)cc3)c-2c/c1=N\C1CCC(OC)CC1. The second kappa shape index (κ2) is 12.1. The van der Waals surface area contributed by atoms with Crippen LogP contribution < -0.4 is 20.1 Å². The fourth-order valence-electron chi connectivity index (χ4n) is 5.55. The van der Waals surface area contributed by atoms with Crippen LogP contribution in [-0.2, 0) is 4.74 Å². The van der Waals surface area contributed by atoms with Gasteiger partial charge < -0.3 is 24.1 Å². The van der Waals surface area contributed by atoms with Crippen LogP contribution in [0.15, 0.2) is 77.9 Å². The van der Waals surface area contributed by atoms with Crippen LogP contribution in [0.1, 0.15) is 25.7 Å². The van der Waals surface area contributed by atoms with Crippen molar-refractivity contribution in [3.8, 4) is 28.7 Å². The number of halogens is 4. The van der Waals surface area contributed by atoms with Crippen LogP contribution in [0.5, 0.6) is 11.6 Å². The molecule has 2 heterocycles. The molecule has 3 aliphatic rings.